The van der Waals surface area contributed by atoms with Gasteiger partial charge in [-0.15, -0.1) is 0 Å². The van der Waals surface area contributed by atoms with Crippen molar-refractivity contribution < 1.29 is 9.63 Å². The van der Waals surface area contributed by atoms with Crippen LogP contribution in [0.25, 0.3) is 27.5 Å². The summed E-state index contributed by atoms with van der Waals surface area (Å²) in [6.07, 6.45) is 17.0. The molecule has 0 aliphatic heterocycles. The number of benzene rings is 2. The first-order valence-electron chi connectivity index (χ1n) is 8.73. The maximum absolute atomic E-state index is 10.8. The second-order valence-corrected chi connectivity index (χ2v) is 6.42. The van der Waals surface area contributed by atoms with Crippen LogP contribution < -0.4 is 5.73 Å². The molecule has 1 heterocycles. The van der Waals surface area contributed by atoms with E-state index in [-0.39, 0.29) is 5.75 Å². The summed E-state index contributed by atoms with van der Waals surface area (Å²) in [6.45, 7) is 0. The number of anilines is 1. The van der Waals surface area contributed by atoms with Crippen molar-refractivity contribution >= 4 is 22.0 Å². The van der Waals surface area contributed by atoms with Gasteiger partial charge in [0.1, 0.15) is 12.0 Å². The maximum Gasteiger partial charge on any atom is 0.131 e. The number of aromatic nitrogens is 1. The number of phenols is 1. The van der Waals surface area contributed by atoms with Crippen molar-refractivity contribution in [1.29, 1.82) is 0 Å². The molecule has 3 N–H and O–H groups in total. The zero-order chi connectivity index (χ0) is 17.9. The van der Waals surface area contributed by atoms with Crippen LogP contribution >= 0.6 is 0 Å². The van der Waals surface area contributed by atoms with Gasteiger partial charge in [0.2, 0.25) is 0 Å². The Bertz CT molecular complexity index is 1030. The molecule has 0 bridgehead atoms. The molecule has 130 valence electrons. The highest BCUT2D eigenvalue weighted by atomic mass is 16.5. The Morgan fingerprint density at radius 2 is 1.96 bits per heavy atom. The van der Waals surface area contributed by atoms with Gasteiger partial charge in [-0.25, -0.2) is 0 Å². The van der Waals surface area contributed by atoms with E-state index in [9.17, 15) is 5.11 Å². The summed E-state index contributed by atoms with van der Waals surface area (Å²) in [4.78, 5) is 0. The topological polar surface area (TPSA) is 72.3 Å². The monoisotopic (exact) mass is 344 g/mol. The predicted molar refractivity (Wildman–Crippen MR) is 106 cm³/mol. The van der Waals surface area contributed by atoms with E-state index in [1.165, 1.54) is 0 Å². The van der Waals surface area contributed by atoms with Crippen LogP contribution in [0.2, 0.25) is 0 Å². The zero-order valence-electron chi connectivity index (χ0n) is 14.4. The number of allylic oxidation sites excluding steroid dienone is 6. The van der Waals surface area contributed by atoms with Crippen molar-refractivity contribution in [2.75, 3.05) is 5.73 Å². The summed E-state index contributed by atoms with van der Waals surface area (Å²) in [7, 11) is 0. The largest absolute Gasteiger partial charge is 0.507 e. The molecule has 3 aromatic rings. The highest BCUT2D eigenvalue weighted by Gasteiger charge is 2.18. The van der Waals surface area contributed by atoms with Crippen LogP contribution in [-0.2, 0) is 0 Å². The normalized spacial score (nSPS) is 16.7. The van der Waals surface area contributed by atoms with E-state index in [2.05, 4.69) is 35.5 Å². The van der Waals surface area contributed by atoms with Crippen LogP contribution in [0.3, 0.4) is 0 Å². The third-order valence-electron chi connectivity index (χ3n) is 4.61. The van der Waals surface area contributed by atoms with E-state index in [1.54, 1.807) is 18.5 Å². The number of fused-ring (bicyclic) bond motifs is 1. The lowest BCUT2D eigenvalue weighted by Gasteiger charge is -2.15. The average molecular weight is 344 g/mol. The number of hydrogen-bond acceptors (Lipinski definition) is 4. The van der Waals surface area contributed by atoms with Crippen LogP contribution in [0.4, 0.5) is 5.69 Å². The second-order valence-electron chi connectivity index (χ2n) is 6.42. The lowest BCUT2D eigenvalue weighted by Crippen LogP contribution is -1.93. The SMILES string of the molecule is Nc1ccc2cc(O)c(-c3cnoc3)c(/C3=C/C=CCCCC=C3)c2c1. The molecule has 1 aliphatic rings. The molecule has 0 unspecified atom stereocenters. The van der Waals surface area contributed by atoms with E-state index in [4.69, 9.17) is 10.3 Å². The lowest BCUT2D eigenvalue weighted by atomic mass is 9.89. The lowest BCUT2D eigenvalue weighted by molar-refractivity contribution is 0.420. The van der Waals surface area contributed by atoms with Crippen molar-refractivity contribution in [2.45, 2.75) is 19.3 Å². The van der Waals surface area contributed by atoms with Gasteiger partial charge < -0.3 is 15.4 Å². The molecule has 0 saturated heterocycles. The molecule has 26 heavy (non-hydrogen) atoms. The van der Waals surface area contributed by atoms with Crippen molar-refractivity contribution in [3.05, 3.63) is 72.7 Å². The van der Waals surface area contributed by atoms with Crippen LogP contribution in [0.1, 0.15) is 24.8 Å². The molecule has 0 amide bonds. The molecule has 0 atom stereocenters. The van der Waals surface area contributed by atoms with E-state index in [0.29, 0.717) is 11.3 Å². The van der Waals surface area contributed by atoms with Gasteiger partial charge in [-0.3, -0.25) is 0 Å². The number of nitrogens with two attached hydrogens (primary N) is 1. The van der Waals surface area contributed by atoms with E-state index < -0.39 is 0 Å². The van der Waals surface area contributed by atoms with Gasteiger partial charge >= 0.3 is 0 Å². The minimum Gasteiger partial charge on any atom is -0.507 e. The Labute approximate surface area is 151 Å². The highest BCUT2D eigenvalue weighted by molar-refractivity contribution is 6.05. The Morgan fingerprint density at radius 1 is 1.08 bits per heavy atom. The van der Waals surface area contributed by atoms with Gasteiger partial charge in [-0.05, 0) is 53.8 Å². The molecule has 1 aliphatic carbocycles. The summed E-state index contributed by atoms with van der Waals surface area (Å²) < 4.78 is 5.03. The molecule has 2 aromatic carbocycles. The van der Waals surface area contributed by atoms with Crippen molar-refractivity contribution in [2.24, 2.45) is 0 Å². The summed E-state index contributed by atoms with van der Waals surface area (Å²) in [5.41, 5.74) is 10.1. The maximum atomic E-state index is 10.8. The van der Waals surface area contributed by atoms with E-state index in [1.807, 2.05) is 18.2 Å². The van der Waals surface area contributed by atoms with Crippen molar-refractivity contribution in [3.63, 3.8) is 0 Å². The fourth-order valence-electron chi connectivity index (χ4n) is 3.37. The van der Waals surface area contributed by atoms with Gasteiger partial charge in [0.15, 0.2) is 0 Å². The van der Waals surface area contributed by atoms with Crippen LogP contribution in [-0.4, -0.2) is 10.3 Å². The number of nitrogen functional groups attached to an aromatic ring is 1. The first kappa shape index (κ1) is 16.2. The van der Waals surface area contributed by atoms with E-state index in [0.717, 1.165) is 46.7 Å². The molecular weight excluding hydrogens is 324 g/mol. The minimum atomic E-state index is 0.193. The third kappa shape index (κ3) is 3.02. The fraction of sp³-hybridized carbons (Fsp3) is 0.136. The Balaban J connectivity index is 2.08. The molecular formula is C22H20N2O2. The first-order valence-corrected chi connectivity index (χ1v) is 8.73. The van der Waals surface area contributed by atoms with Gasteiger partial charge in [0, 0.05) is 22.4 Å². The van der Waals surface area contributed by atoms with Gasteiger partial charge in [-0.2, -0.15) is 0 Å². The van der Waals surface area contributed by atoms with Gasteiger partial charge in [0.25, 0.3) is 0 Å². The molecule has 4 heteroatoms. The standard InChI is InChI=1S/C22H20N2O2/c23-18-10-9-16-11-20(25)22(17-13-24-26-14-17)21(19(16)12-18)15-7-5-3-1-2-4-6-8-15/h3,5-14,25H,1-2,4,23H2/b5-3?,8-6?,15-7+. The van der Waals surface area contributed by atoms with Gasteiger partial charge in [-0.1, -0.05) is 41.6 Å². The Hall–Kier alpha value is -3.27. The predicted octanol–water partition coefficient (Wildman–Crippen LogP) is 5.46. The molecule has 1 aromatic heterocycles. The smallest absolute Gasteiger partial charge is 0.131 e. The summed E-state index contributed by atoms with van der Waals surface area (Å²) >= 11 is 0. The number of rotatable bonds is 2. The number of aromatic hydroxyl groups is 1. The third-order valence-corrected chi connectivity index (χ3v) is 4.61. The number of phenolic OH excluding ortho intramolecular Hbond substituents is 1. The van der Waals surface area contributed by atoms with Crippen molar-refractivity contribution in [1.82, 2.24) is 5.16 Å². The Kier molecular flexibility index (Phi) is 4.32. The number of nitrogens with zero attached hydrogens (tertiary/aromatic N) is 1. The second kappa shape index (κ2) is 6.92. The highest BCUT2D eigenvalue weighted by Crippen LogP contribution is 2.42. The molecule has 4 nitrogen and oxygen atoms in total. The zero-order valence-corrected chi connectivity index (χ0v) is 14.4. The molecule has 0 spiro atoms. The van der Waals surface area contributed by atoms with Gasteiger partial charge in [0.05, 0.1) is 6.20 Å². The van der Waals surface area contributed by atoms with Crippen LogP contribution in [0.5, 0.6) is 5.75 Å². The molecule has 0 fully saturated rings. The molecule has 0 saturated carbocycles. The quantitative estimate of drug-likeness (QED) is 0.605. The van der Waals surface area contributed by atoms with Crippen molar-refractivity contribution in [3.8, 4) is 16.9 Å². The average Bonchev–Trinajstić information content (AvgIpc) is 3.18. The fourth-order valence-corrected chi connectivity index (χ4v) is 3.37. The molecule has 0 radical (unpaired) electrons. The number of hydrogen-bond donors (Lipinski definition) is 2. The first-order chi connectivity index (χ1) is 12.7. The summed E-state index contributed by atoms with van der Waals surface area (Å²) in [5.74, 6) is 0.193. The van der Waals surface area contributed by atoms with E-state index >= 15 is 0 Å². The minimum absolute atomic E-state index is 0.193. The Morgan fingerprint density at radius 3 is 2.81 bits per heavy atom. The van der Waals surface area contributed by atoms with Crippen LogP contribution in [0, 0.1) is 0 Å². The summed E-state index contributed by atoms with van der Waals surface area (Å²) in [6, 6.07) is 7.49. The molecule has 4 rings (SSSR count). The summed E-state index contributed by atoms with van der Waals surface area (Å²) in [5, 5.41) is 16.5. The van der Waals surface area contributed by atoms with Crippen LogP contribution in [0.15, 0.2) is 71.6 Å².